The van der Waals surface area contributed by atoms with E-state index in [9.17, 15) is 4.79 Å². The van der Waals surface area contributed by atoms with Crippen molar-refractivity contribution in [2.24, 2.45) is 5.92 Å². The maximum Gasteiger partial charge on any atom is 0.410 e. The second kappa shape index (κ2) is 4.51. The van der Waals surface area contributed by atoms with Gasteiger partial charge in [0.1, 0.15) is 5.60 Å². The first-order valence-corrected chi connectivity index (χ1v) is 6.88. The number of ether oxygens (including phenoxy) is 1. The van der Waals surface area contributed by atoms with E-state index in [0.29, 0.717) is 12.1 Å². The highest BCUT2D eigenvalue weighted by Gasteiger charge is 2.41. The SMILES string of the molecule is CC1C[C@H]2CCC[C@@H](C1)N2C(=O)OC(C)(C)C. The summed E-state index contributed by atoms with van der Waals surface area (Å²) in [6, 6.07) is 0.847. The van der Waals surface area contributed by atoms with Crippen LogP contribution >= 0.6 is 0 Å². The van der Waals surface area contributed by atoms with Crippen LogP contribution in [-0.2, 0) is 4.74 Å². The van der Waals surface area contributed by atoms with E-state index < -0.39 is 0 Å². The van der Waals surface area contributed by atoms with Crippen LogP contribution in [0.25, 0.3) is 0 Å². The molecule has 2 bridgehead atoms. The number of rotatable bonds is 0. The number of hydrogen-bond acceptors (Lipinski definition) is 2. The molecule has 2 fully saturated rings. The van der Waals surface area contributed by atoms with Gasteiger partial charge in [0.05, 0.1) is 0 Å². The van der Waals surface area contributed by atoms with Crippen LogP contribution in [0.2, 0.25) is 0 Å². The molecule has 0 aliphatic carbocycles. The predicted molar refractivity (Wildman–Crippen MR) is 67.9 cm³/mol. The lowest BCUT2D eigenvalue weighted by Gasteiger charge is -2.48. The van der Waals surface area contributed by atoms with E-state index in [1.165, 1.54) is 6.42 Å². The van der Waals surface area contributed by atoms with Gasteiger partial charge >= 0.3 is 6.09 Å². The molecule has 0 aromatic rings. The van der Waals surface area contributed by atoms with Crippen LogP contribution in [-0.4, -0.2) is 28.7 Å². The van der Waals surface area contributed by atoms with Crippen molar-refractivity contribution in [3.63, 3.8) is 0 Å². The van der Waals surface area contributed by atoms with Gasteiger partial charge < -0.3 is 9.64 Å². The molecular weight excluding hydrogens is 214 g/mol. The first kappa shape index (κ1) is 12.7. The molecular formula is C14H25NO2. The summed E-state index contributed by atoms with van der Waals surface area (Å²) in [4.78, 5) is 14.3. The highest BCUT2D eigenvalue weighted by Crippen LogP contribution is 2.37. The zero-order valence-electron chi connectivity index (χ0n) is 11.5. The second-order valence-electron chi connectivity index (χ2n) is 6.70. The average molecular weight is 239 g/mol. The standard InChI is InChI=1S/C14H25NO2/c1-10-8-11-6-5-7-12(9-10)15(11)13(16)17-14(2,3)4/h10-12H,5-9H2,1-4H3/t10?,11-,12+. The molecule has 2 heterocycles. The highest BCUT2D eigenvalue weighted by atomic mass is 16.6. The molecule has 2 rings (SSSR count). The summed E-state index contributed by atoms with van der Waals surface area (Å²) in [5.41, 5.74) is -0.381. The van der Waals surface area contributed by atoms with Gasteiger partial charge in [0, 0.05) is 12.1 Å². The van der Waals surface area contributed by atoms with Gasteiger partial charge in [0.25, 0.3) is 0 Å². The lowest BCUT2D eigenvalue weighted by atomic mass is 9.79. The Morgan fingerprint density at radius 1 is 1.18 bits per heavy atom. The minimum Gasteiger partial charge on any atom is -0.444 e. The summed E-state index contributed by atoms with van der Waals surface area (Å²) in [7, 11) is 0. The van der Waals surface area contributed by atoms with Crippen molar-refractivity contribution in [3.8, 4) is 0 Å². The fourth-order valence-electron chi connectivity index (χ4n) is 3.27. The molecule has 3 atom stereocenters. The smallest absolute Gasteiger partial charge is 0.410 e. The van der Waals surface area contributed by atoms with Crippen molar-refractivity contribution < 1.29 is 9.53 Å². The Morgan fingerprint density at radius 3 is 2.18 bits per heavy atom. The van der Waals surface area contributed by atoms with Gasteiger partial charge in [0.15, 0.2) is 0 Å². The topological polar surface area (TPSA) is 29.5 Å². The van der Waals surface area contributed by atoms with Crippen LogP contribution in [0.5, 0.6) is 0 Å². The monoisotopic (exact) mass is 239 g/mol. The Kier molecular flexibility index (Phi) is 3.37. The van der Waals surface area contributed by atoms with Crippen LogP contribution in [0.15, 0.2) is 0 Å². The number of fused-ring (bicyclic) bond motifs is 2. The highest BCUT2D eigenvalue weighted by molar-refractivity contribution is 5.69. The minimum absolute atomic E-state index is 0.0981. The zero-order chi connectivity index (χ0) is 12.6. The van der Waals surface area contributed by atoms with Crippen LogP contribution < -0.4 is 0 Å². The van der Waals surface area contributed by atoms with Crippen LogP contribution in [0.1, 0.15) is 59.8 Å². The molecule has 98 valence electrons. The predicted octanol–water partition coefficient (Wildman–Crippen LogP) is 3.57. The average Bonchev–Trinajstić information content (AvgIpc) is 2.12. The third-order valence-electron chi connectivity index (χ3n) is 3.81. The van der Waals surface area contributed by atoms with Gasteiger partial charge in [-0.25, -0.2) is 4.79 Å². The Labute approximate surface area is 105 Å². The number of hydrogen-bond donors (Lipinski definition) is 0. The molecule has 2 saturated heterocycles. The quantitative estimate of drug-likeness (QED) is 0.646. The third-order valence-corrected chi connectivity index (χ3v) is 3.81. The van der Waals surface area contributed by atoms with E-state index >= 15 is 0 Å². The first-order chi connectivity index (χ1) is 7.87. The Balaban J connectivity index is 2.07. The summed E-state index contributed by atoms with van der Waals surface area (Å²) in [6.45, 7) is 8.12. The number of carbonyl (C=O) groups excluding carboxylic acids is 1. The molecule has 3 nitrogen and oxygen atoms in total. The molecule has 0 radical (unpaired) electrons. The van der Waals surface area contributed by atoms with Gasteiger partial charge in [-0.05, 0) is 58.8 Å². The molecule has 17 heavy (non-hydrogen) atoms. The van der Waals surface area contributed by atoms with E-state index in [-0.39, 0.29) is 11.7 Å². The Bertz CT molecular complexity index is 281. The summed E-state index contributed by atoms with van der Waals surface area (Å²) in [5.74, 6) is 0.754. The van der Waals surface area contributed by atoms with Crippen LogP contribution in [0.3, 0.4) is 0 Å². The Hall–Kier alpha value is -0.730. The van der Waals surface area contributed by atoms with E-state index in [4.69, 9.17) is 4.74 Å². The summed E-state index contributed by atoms with van der Waals surface area (Å²) in [6.07, 6.45) is 5.77. The van der Waals surface area contributed by atoms with Gasteiger partial charge in [-0.1, -0.05) is 6.92 Å². The van der Waals surface area contributed by atoms with Crippen molar-refractivity contribution in [2.75, 3.05) is 0 Å². The van der Waals surface area contributed by atoms with Crippen molar-refractivity contribution in [1.29, 1.82) is 0 Å². The van der Waals surface area contributed by atoms with Gasteiger partial charge in [-0.2, -0.15) is 0 Å². The molecule has 0 N–H and O–H groups in total. The minimum atomic E-state index is -0.381. The molecule has 2 aliphatic heterocycles. The number of amides is 1. The normalized spacial score (nSPS) is 33.4. The lowest BCUT2D eigenvalue weighted by Crippen LogP contribution is -2.55. The van der Waals surface area contributed by atoms with E-state index in [0.717, 1.165) is 31.6 Å². The molecule has 1 amide bonds. The van der Waals surface area contributed by atoms with Gasteiger partial charge in [-0.3, -0.25) is 0 Å². The molecule has 0 saturated carbocycles. The summed E-state index contributed by atoms with van der Waals surface area (Å²) in [5, 5.41) is 0. The number of nitrogens with zero attached hydrogens (tertiary/aromatic N) is 1. The fraction of sp³-hybridized carbons (Fsp3) is 0.929. The zero-order valence-corrected chi connectivity index (χ0v) is 11.5. The molecule has 0 aromatic carbocycles. The largest absolute Gasteiger partial charge is 0.444 e. The van der Waals surface area contributed by atoms with Gasteiger partial charge in [-0.15, -0.1) is 0 Å². The number of carbonyl (C=O) groups is 1. The van der Waals surface area contributed by atoms with E-state index in [1.807, 2.05) is 25.7 Å². The van der Waals surface area contributed by atoms with Crippen LogP contribution in [0.4, 0.5) is 4.79 Å². The lowest BCUT2D eigenvalue weighted by molar-refractivity contribution is -0.0263. The van der Waals surface area contributed by atoms with E-state index in [1.54, 1.807) is 0 Å². The molecule has 3 heteroatoms. The molecule has 2 aliphatic rings. The van der Waals surface area contributed by atoms with Crippen molar-refractivity contribution in [2.45, 2.75) is 77.5 Å². The fourth-order valence-corrected chi connectivity index (χ4v) is 3.27. The summed E-state index contributed by atoms with van der Waals surface area (Å²) < 4.78 is 5.54. The molecule has 0 spiro atoms. The first-order valence-electron chi connectivity index (χ1n) is 6.88. The van der Waals surface area contributed by atoms with Crippen LogP contribution in [0, 0.1) is 5.92 Å². The molecule has 1 unspecified atom stereocenters. The maximum absolute atomic E-state index is 12.2. The Morgan fingerprint density at radius 2 is 1.71 bits per heavy atom. The van der Waals surface area contributed by atoms with Crippen molar-refractivity contribution >= 4 is 6.09 Å². The third kappa shape index (κ3) is 2.93. The van der Waals surface area contributed by atoms with Crippen molar-refractivity contribution in [1.82, 2.24) is 4.90 Å². The molecule has 0 aromatic heterocycles. The summed E-state index contributed by atoms with van der Waals surface area (Å²) >= 11 is 0. The van der Waals surface area contributed by atoms with Gasteiger partial charge in [0.2, 0.25) is 0 Å². The maximum atomic E-state index is 12.2. The van der Waals surface area contributed by atoms with E-state index in [2.05, 4.69) is 6.92 Å². The number of piperidine rings is 2. The second-order valence-corrected chi connectivity index (χ2v) is 6.70. The van der Waals surface area contributed by atoms with Crippen molar-refractivity contribution in [3.05, 3.63) is 0 Å².